The number of benzene rings is 1. The minimum Gasteiger partial charge on any atom is -0.465 e. The normalized spacial score (nSPS) is 14.2. The number of hydrogen-bond donors (Lipinski definition) is 1. The molecule has 0 amide bonds. The Morgan fingerprint density at radius 3 is 3.00 bits per heavy atom. The lowest BCUT2D eigenvalue weighted by molar-refractivity contribution is -0.145. The third-order valence-electron chi connectivity index (χ3n) is 3.00. The van der Waals surface area contributed by atoms with Crippen LogP contribution < -0.4 is 14.8 Å². The Morgan fingerprint density at radius 1 is 1.42 bits per heavy atom. The fraction of sp³-hybridized carbons (Fsp3) is 0.500. The third kappa shape index (κ3) is 3.17. The van der Waals surface area contributed by atoms with Crippen LogP contribution in [0.5, 0.6) is 11.5 Å². The van der Waals surface area contributed by atoms with Crippen molar-refractivity contribution >= 4 is 5.97 Å². The quantitative estimate of drug-likeness (QED) is 0.795. The SMILES string of the molecule is CCOC(=O)C(CC)NCc1cccc2c1OCO2. The molecule has 0 spiro atoms. The number of para-hydroxylation sites is 1. The topological polar surface area (TPSA) is 56.8 Å². The summed E-state index contributed by atoms with van der Waals surface area (Å²) < 4.78 is 15.8. The predicted molar refractivity (Wildman–Crippen MR) is 70.1 cm³/mol. The zero-order valence-corrected chi connectivity index (χ0v) is 11.3. The monoisotopic (exact) mass is 265 g/mol. The molecule has 1 N–H and O–H groups in total. The van der Waals surface area contributed by atoms with Crippen LogP contribution >= 0.6 is 0 Å². The summed E-state index contributed by atoms with van der Waals surface area (Å²) in [4.78, 5) is 11.7. The average molecular weight is 265 g/mol. The third-order valence-corrected chi connectivity index (χ3v) is 3.00. The lowest BCUT2D eigenvalue weighted by atomic mass is 10.1. The number of hydrogen-bond acceptors (Lipinski definition) is 5. The van der Waals surface area contributed by atoms with Gasteiger partial charge in [-0.05, 0) is 19.4 Å². The van der Waals surface area contributed by atoms with E-state index >= 15 is 0 Å². The number of fused-ring (bicyclic) bond motifs is 1. The molecule has 0 saturated heterocycles. The van der Waals surface area contributed by atoms with Crippen molar-refractivity contribution in [2.24, 2.45) is 0 Å². The first-order valence-corrected chi connectivity index (χ1v) is 6.53. The number of nitrogens with one attached hydrogen (secondary N) is 1. The zero-order chi connectivity index (χ0) is 13.7. The van der Waals surface area contributed by atoms with Gasteiger partial charge in [-0.2, -0.15) is 0 Å². The number of ether oxygens (including phenoxy) is 3. The van der Waals surface area contributed by atoms with E-state index in [1.54, 1.807) is 6.92 Å². The van der Waals surface area contributed by atoms with Crippen LogP contribution in [0.25, 0.3) is 0 Å². The Hall–Kier alpha value is -1.75. The first-order chi connectivity index (χ1) is 9.26. The summed E-state index contributed by atoms with van der Waals surface area (Å²) in [6.07, 6.45) is 0.686. The van der Waals surface area contributed by atoms with E-state index < -0.39 is 0 Å². The van der Waals surface area contributed by atoms with Gasteiger partial charge < -0.3 is 19.5 Å². The molecule has 1 atom stereocenters. The van der Waals surface area contributed by atoms with Crippen molar-refractivity contribution in [3.63, 3.8) is 0 Å². The molecule has 0 bridgehead atoms. The number of esters is 1. The van der Waals surface area contributed by atoms with Crippen molar-refractivity contribution in [3.05, 3.63) is 23.8 Å². The van der Waals surface area contributed by atoms with Gasteiger partial charge in [0, 0.05) is 12.1 Å². The van der Waals surface area contributed by atoms with Crippen LogP contribution in [0.2, 0.25) is 0 Å². The van der Waals surface area contributed by atoms with Gasteiger partial charge in [0.2, 0.25) is 6.79 Å². The van der Waals surface area contributed by atoms with Gasteiger partial charge in [-0.25, -0.2) is 0 Å². The molecule has 0 radical (unpaired) electrons. The average Bonchev–Trinajstić information content (AvgIpc) is 2.88. The number of carbonyl (C=O) groups is 1. The molecule has 1 aliphatic rings. The second-order valence-corrected chi connectivity index (χ2v) is 4.24. The predicted octanol–water partition coefficient (Wildman–Crippen LogP) is 1.85. The van der Waals surface area contributed by atoms with Gasteiger partial charge in [-0.15, -0.1) is 0 Å². The molecule has 0 saturated carbocycles. The lowest BCUT2D eigenvalue weighted by Gasteiger charge is -2.16. The van der Waals surface area contributed by atoms with E-state index in [2.05, 4.69) is 5.32 Å². The first-order valence-electron chi connectivity index (χ1n) is 6.53. The molecule has 1 aromatic rings. The van der Waals surface area contributed by atoms with Gasteiger partial charge in [0.05, 0.1) is 6.61 Å². The summed E-state index contributed by atoms with van der Waals surface area (Å²) in [6.45, 7) is 4.95. The van der Waals surface area contributed by atoms with Gasteiger partial charge in [0.1, 0.15) is 6.04 Å². The summed E-state index contributed by atoms with van der Waals surface area (Å²) in [5.41, 5.74) is 0.984. The highest BCUT2D eigenvalue weighted by Gasteiger charge is 2.20. The maximum absolute atomic E-state index is 11.7. The van der Waals surface area contributed by atoms with Gasteiger partial charge in [0.15, 0.2) is 11.5 Å². The minimum atomic E-state index is -0.293. The molecule has 5 nitrogen and oxygen atoms in total. The molecule has 1 aliphatic heterocycles. The summed E-state index contributed by atoms with van der Waals surface area (Å²) >= 11 is 0. The molecule has 1 heterocycles. The van der Waals surface area contributed by atoms with E-state index in [9.17, 15) is 4.79 Å². The number of rotatable bonds is 6. The first kappa shape index (κ1) is 13.7. The van der Waals surface area contributed by atoms with E-state index in [1.165, 1.54) is 0 Å². The van der Waals surface area contributed by atoms with E-state index in [0.29, 0.717) is 19.6 Å². The highest BCUT2D eigenvalue weighted by Crippen LogP contribution is 2.35. The Kier molecular flexibility index (Phi) is 4.63. The molecule has 5 heteroatoms. The molecular formula is C14H19NO4. The Bertz CT molecular complexity index is 447. The molecular weight excluding hydrogens is 246 g/mol. The van der Waals surface area contributed by atoms with Crippen molar-refractivity contribution in [2.75, 3.05) is 13.4 Å². The van der Waals surface area contributed by atoms with Gasteiger partial charge in [-0.1, -0.05) is 19.1 Å². The molecule has 104 valence electrons. The second-order valence-electron chi connectivity index (χ2n) is 4.24. The summed E-state index contributed by atoms with van der Waals surface area (Å²) in [6, 6.07) is 5.45. The minimum absolute atomic E-state index is 0.213. The molecule has 2 rings (SSSR count). The molecule has 19 heavy (non-hydrogen) atoms. The summed E-state index contributed by atoms with van der Waals surface area (Å²) in [7, 11) is 0. The van der Waals surface area contributed by atoms with Crippen molar-refractivity contribution in [3.8, 4) is 11.5 Å². The molecule has 0 aromatic heterocycles. The second kappa shape index (κ2) is 6.43. The highest BCUT2D eigenvalue weighted by atomic mass is 16.7. The van der Waals surface area contributed by atoms with Crippen molar-refractivity contribution in [1.29, 1.82) is 0 Å². The lowest BCUT2D eigenvalue weighted by Crippen LogP contribution is -2.37. The summed E-state index contributed by atoms with van der Waals surface area (Å²) in [5.74, 6) is 1.30. The van der Waals surface area contributed by atoms with Crippen LogP contribution in [0.3, 0.4) is 0 Å². The molecule has 0 aliphatic carbocycles. The van der Waals surface area contributed by atoms with Crippen molar-refractivity contribution < 1.29 is 19.0 Å². The van der Waals surface area contributed by atoms with Crippen molar-refractivity contribution in [2.45, 2.75) is 32.9 Å². The zero-order valence-electron chi connectivity index (χ0n) is 11.3. The Labute approximate surface area is 112 Å². The molecule has 1 unspecified atom stereocenters. The number of carbonyl (C=O) groups excluding carboxylic acids is 1. The Morgan fingerprint density at radius 2 is 2.26 bits per heavy atom. The maximum Gasteiger partial charge on any atom is 0.323 e. The molecule has 1 aromatic carbocycles. The Balaban J connectivity index is 1.98. The van der Waals surface area contributed by atoms with E-state index in [-0.39, 0.29) is 18.8 Å². The van der Waals surface area contributed by atoms with Crippen LogP contribution in [-0.2, 0) is 16.1 Å². The largest absolute Gasteiger partial charge is 0.465 e. The maximum atomic E-state index is 11.7. The van der Waals surface area contributed by atoms with Gasteiger partial charge >= 0.3 is 5.97 Å². The fourth-order valence-electron chi connectivity index (χ4n) is 2.00. The van der Waals surface area contributed by atoms with Crippen LogP contribution in [0.4, 0.5) is 0 Å². The van der Waals surface area contributed by atoms with Crippen molar-refractivity contribution in [1.82, 2.24) is 5.32 Å². The van der Waals surface area contributed by atoms with Crippen LogP contribution in [0.15, 0.2) is 18.2 Å². The highest BCUT2D eigenvalue weighted by molar-refractivity contribution is 5.75. The van der Waals surface area contributed by atoms with Gasteiger partial charge in [-0.3, -0.25) is 4.79 Å². The standard InChI is InChI=1S/C14H19NO4/c1-3-11(14(16)17-4-2)15-8-10-6-5-7-12-13(10)19-9-18-12/h5-7,11,15H,3-4,8-9H2,1-2H3. The smallest absolute Gasteiger partial charge is 0.323 e. The van der Waals surface area contributed by atoms with E-state index in [0.717, 1.165) is 17.1 Å². The van der Waals surface area contributed by atoms with E-state index in [4.69, 9.17) is 14.2 Å². The fourth-order valence-corrected chi connectivity index (χ4v) is 2.00. The van der Waals surface area contributed by atoms with E-state index in [1.807, 2.05) is 25.1 Å². The van der Waals surface area contributed by atoms with Crippen LogP contribution in [-0.4, -0.2) is 25.4 Å². The van der Waals surface area contributed by atoms with Gasteiger partial charge in [0.25, 0.3) is 0 Å². The van der Waals surface area contributed by atoms with Crippen LogP contribution in [0, 0.1) is 0 Å². The molecule has 0 fully saturated rings. The van der Waals surface area contributed by atoms with Crippen LogP contribution in [0.1, 0.15) is 25.8 Å². The summed E-state index contributed by atoms with van der Waals surface area (Å²) in [5, 5.41) is 3.19.